The van der Waals surface area contributed by atoms with Crippen LogP contribution < -0.4 is 10.5 Å². The van der Waals surface area contributed by atoms with E-state index in [2.05, 4.69) is 4.98 Å². The van der Waals surface area contributed by atoms with E-state index in [0.717, 1.165) is 17.0 Å². The van der Waals surface area contributed by atoms with Crippen LogP contribution in [-0.4, -0.2) is 29.2 Å². The largest absolute Gasteiger partial charge is 0.496 e. The number of nitrogens with zero attached hydrogens (tertiary/aromatic N) is 2. The number of benzene rings is 1. The van der Waals surface area contributed by atoms with E-state index < -0.39 is 5.97 Å². The number of aryl methyl sites for hydroxylation is 1. The van der Waals surface area contributed by atoms with Crippen LogP contribution in [0.3, 0.4) is 0 Å². The molecule has 0 aliphatic rings. The lowest BCUT2D eigenvalue weighted by Gasteiger charge is -2.09. The van der Waals surface area contributed by atoms with Gasteiger partial charge in [0, 0.05) is 5.69 Å². The number of rotatable bonds is 4. The molecule has 1 aromatic carbocycles. The second-order valence-electron chi connectivity index (χ2n) is 4.22. The minimum atomic E-state index is -0.519. The number of nitrogens with two attached hydrogens (primary N) is 1. The Labute approximate surface area is 117 Å². The van der Waals surface area contributed by atoms with Crippen molar-refractivity contribution in [1.82, 2.24) is 9.55 Å². The van der Waals surface area contributed by atoms with Crippen molar-refractivity contribution in [2.75, 3.05) is 19.5 Å². The topological polar surface area (TPSA) is 79.4 Å². The molecule has 1 heterocycles. The Bertz CT molecular complexity index is 635. The molecule has 0 atom stereocenters. The highest BCUT2D eigenvalue weighted by molar-refractivity contribution is 5.92. The van der Waals surface area contributed by atoms with Crippen LogP contribution >= 0.6 is 0 Å². The van der Waals surface area contributed by atoms with Gasteiger partial charge in [-0.2, -0.15) is 0 Å². The van der Waals surface area contributed by atoms with Gasteiger partial charge in [-0.1, -0.05) is 0 Å². The van der Waals surface area contributed by atoms with Crippen LogP contribution in [0.1, 0.15) is 23.0 Å². The molecule has 0 saturated carbocycles. The maximum absolute atomic E-state index is 11.7. The maximum atomic E-state index is 11.7. The fourth-order valence-corrected chi connectivity index (χ4v) is 1.93. The van der Waals surface area contributed by atoms with E-state index in [-0.39, 0.29) is 18.1 Å². The highest BCUT2D eigenvalue weighted by atomic mass is 16.5. The molecule has 0 radical (unpaired) electrons. The number of carbonyl (C=O) groups is 1. The smallest absolute Gasteiger partial charge is 0.360 e. The fourth-order valence-electron chi connectivity index (χ4n) is 1.93. The lowest BCUT2D eigenvalue weighted by atomic mass is 10.2. The highest BCUT2D eigenvalue weighted by Gasteiger charge is 2.17. The zero-order valence-corrected chi connectivity index (χ0v) is 11.7. The number of hydrogen-bond acceptors (Lipinski definition) is 5. The summed E-state index contributed by atoms with van der Waals surface area (Å²) < 4.78 is 11.8. The van der Waals surface area contributed by atoms with Crippen molar-refractivity contribution in [3.8, 4) is 11.4 Å². The van der Waals surface area contributed by atoms with E-state index in [4.69, 9.17) is 15.2 Å². The lowest BCUT2D eigenvalue weighted by molar-refractivity contribution is 0.0521. The summed E-state index contributed by atoms with van der Waals surface area (Å²) in [5, 5.41) is 0. The van der Waals surface area contributed by atoms with Crippen LogP contribution in [-0.2, 0) is 4.74 Å². The van der Waals surface area contributed by atoms with E-state index in [9.17, 15) is 4.79 Å². The van der Waals surface area contributed by atoms with E-state index >= 15 is 0 Å². The summed E-state index contributed by atoms with van der Waals surface area (Å²) in [6.07, 6.45) is 1.50. The minimum Gasteiger partial charge on any atom is -0.496 e. The molecule has 6 nitrogen and oxygen atoms in total. The molecule has 106 valence electrons. The molecule has 0 bridgehead atoms. The number of nitrogen functional groups attached to an aromatic ring is 1. The Morgan fingerprint density at radius 3 is 2.80 bits per heavy atom. The van der Waals surface area contributed by atoms with Crippen molar-refractivity contribution in [3.05, 3.63) is 35.8 Å². The van der Waals surface area contributed by atoms with Gasteiger partial charge in [0.25, 0.3) is 0 Å². The normalized spacial score (nSPS) is 10.3. The van der Waals surface area contributed by atoms with Crippen LogP contribution in [0.25, 0.3) is 5.69 Å². The molecule has 1 aromatic heterocycles. The molecule has 0 amide bonds. The molecule has 0 spiro atoms. The average molecular weight is 275 g/mol. The third kappa shape index (κ3) is 2.45. The molecule has 0 saturated heterocycles. The SMILES string of the molecule is CCOC(=O)c1ncn(-c2ccc(OC)c(C)c2)c1N. The number of aromatic nitrogens is 2. The summed E-state index contributed by atoms with van der Waals surface area (Å²) in [6, 6.07) is 5.60. The number of anilines is 1. The predicted octanol–water partition coefficient (Wildman–Crippen LogP) is 1.95. The third-order valence-corrected chi connectivity index (χ3v) is 2.93. The first kappa shape index (κ1) is 13.9. The van der Waals surface area contributed by atoms with Gasteiger partial charge in [-0.15, -0.1) is 0 Å². The molecule has 6 heteroatoms. The summed E-state index contributed by atoms with van der Waals surface area (Å²) in [4.78, 5) is 15.7. The van der Waals surface area contributed by atoms with Crippen molar-refractivity contribution >= 4 is 11.8 Å². The molecule has 2 N–H and O–H groups in total. The fraction of sp³-hybridized carbons (Fsp3) is 0.286. The van der Waals surface area contributed by atoms with E-state index in [0.29, 0.717) is 0 Å². The van der Waals surface area contributed by atoms with Crippen LogP contribution in [0.4, 0.5) is 5.82 Å². The Morgan fingerprint density at radius 2 is 2.20 bits per heavy atom. The summed E-state index contributed by atoms with van der Waals surface area (Å²) in [5.41, 5.74) is 7.86. The van der Waals surface area contributed by atoms with Gasteiger partial charge in [-0.3, -0.25) is 4.57 Å². The summed E-state index contributed by atoms with van der Waals surface area (Å²) in [6.45, 7) is 3.95. The Balaban J connectivity index is 2.39. The highest BCUT2D eigenvalue weighted by Crippen LogP contribution is 2.23. The van der Waals surface area contributed by atoms with Crippen molar-refractivity contribution in [1.29, 1.82) is 0 Å². The minimum absolute atomic E-state index is 0.125. The van der Waals surface area contributed by atoms with Gasteiger partial charge >= 0.3 is 5.97 Å². The van der Waals surface area contributed by atoms with Gasteiger partial charge in [0.1, 0.15) is 17.9 Å². The number of methoxy groups -OCH3 is 1. The van der Waals surface area contributed by atoms with Gasteiger partial charge in [-0.05, 0) is 37.6 Å². The summed E-state index contributed by atoms with van der Waals surface area (Å²) >= 11 is 0. The molecule has 0 aliphatic heterocycles. The molecule has 2 rings (SSSR count). The first-order valence-corrected chi connectivity index (χ1v) is 6.23. The maximum Gasteiger partial charge on any atom is 0.360 e. The quantitative estimate of drug-likeness (QED) is 0.863. The van der Waals surface area contributed by atoms with Gasteiger partial charge in [0.2, 0.25) is 0 Å². The van der Waals surface area contributed by atoms with Gasteiger partial charge in [0.15, 0.2) is 5.69 Å². The number of hydrogen-bond donors (Lipinski definition) is 1. The van der Waals surface area contributed by atoms with Crippen LogP contribution in [0.15, 0.2) is 24.5 Å². The first-order chi connectivity index (χ1) is 9.58. The second-order valence-corrected chi connectivity index (χ2v) is 4.22. The lowest BCUT2D eigenvalue weighted by Crippen LogP contribution is -2.09. The average Bonchev–Trinajstić information content (AvgIpc) is 2.81. The zero-order valence-electron chi connectivity index (χ0n) is 11.7. The molecule has 0 aliphatic carbocycles. The second kappa shape index (κ2) is 5.64. The van der Waals surface area contributed by atoms with E-state index in [1.165, 1.54) is 6.33 Å². The molecule has 0 fully saturated rings. The molecule has 0 unspecified atom stereocenters. The summed E-state index contributed by atoms with van der Waals surface area (Å²) in [7, 11) is 1.62. The Hall–Kier alpha value is -2.50. The van der Waals surface area contributed by atoms with Gasteiger partial charge in [0.05, 0.1) is 13.7 Å². The van der Waals surface area contributed by atoms with Crippen molar-refractivity contribution in [3.63, 3.8) is 0 Å². The van der Waals surface area contributed by atoms with Crippen molar-refractivity contribution < 1.29 is 14.3 Å². The zero-order chi connectivity index (χ0) is 14.7. The van der Waals surface area contributed by atoms with Crippen LogP contribution in [0.5, 0.6) is 5.75 Å². The van der Waals surface area contributed by atoms with E-state index in [1.54, 1.807) is 18.6 Å². The van der Waals surface area contributed by atoms with Crippen LogP contribution in [0, 0.1) is 6.92 Å². The Kier molecular flexibility index (Phi) is 3.93. The third-order valence-electron chi connectivity index (χ3n) is 2.93. The summed E-state index contributed by atoms with van der Waals surface area (Å²) in [5.74, 6) is 0.528. The first-order valence-electron chi connectivity index (χ1n) is 6.23. The molecule has 2 aromatic rings. The number of esters is 1. The standard InChI is InChI=1S/C14H17N3O3/c1-4-20-14(18)12-13(15)17(8-16-12)10-5-6-11(19-3)9(2)7-10/h5-8H,4,15H2,1-3H3. The molecular weight excluding hydrogens is 258 g/mol. The molecule has 20 heavy (non-hydrogen) atoms. The van der Waals surface area contributed by atoms with Crippen molar-refractivity contribution in [2.45, 2.75) is 13.8 Å². The van der Waals surface area contributed by atoms with Gasteiger partial charge < -0.3 is 15.2 Å². The van der Waals surface area contributed by atoms with Crippen molar-refractivity contribution in [2.24, 2.45) is 0 Å². The van der Waals surface area contributed by atoms with E-state index in [1.807, 2.05) is 25.1 Å². The molecular formula is C14H17N3O3. The van der Waals surface area contributed by atoms with Gasteiger partial charge in [-0.25, -0.2) is 9.78 Å². The number of ether oxygens (including phenoxy) is 2. The van der Waals surface area contributed by atoms with Crippen LogP contribution in [0.2, 0.25) is 0 Å². The Morgan fingerprint density at radius 1 is 1.45 bits per heavy atom. The number of imidazole rings is 1. The predicted molar refractivity (Wildman–Crippen MR) is 75.2 cm³/mol. The number of carbonyl (C=O) groups excluding carboxylic acids is 1. The monoisotopic (exact) mass is 275 g/mol.